The standard InChI is InChI=1S/C9H15N3O3S2/c1-2-17(14,15)4-3-12-7-5-6(10)8(16-7)9(11)13/h5,12H,2-4,10H2,1H3,(H2,11,13). The van der Waals surface area contributed by atoms with Crippen molar-refractivity contribution in [3.63, 3.8) is 0 Å². The van der Waals surface area contributed by atoms with Crippen LogP contribution >= 0.6 is 11.3 Å². The summed E-state index contributed by atoms with van der Waals surface area (Å²) in [6.07, 6.45) is 0. The van der Waals surface area contributed by atoms with Crippen LogP contribution < -0.4 is 16.8 Å². The molecule has 96 valence electrons. The Kier molecular flexibility index (Phi) is 4.35. The normalized spacial score (nSPS) is 11.4. The minimum atomic E-state index is -2.99. The smallest absolute Gasteiger partial charge is 0.260 e. The first-order valence-electron chi connectivity index (χ1n) is 4.99. The molecule has 0 aliphatic rings. The first-order valence-corrected chi connectivity index (χ1v) is 7.63. The lowest BCUT2D eigenvalue weighted by atomic mass is 10.4. The summed E-state index contributed by atoms with van der Waals surface area (Å²) in [4.78, 5) is 11.2. The first kappa shape index (κ1) is 13.8. The number of carbonyl (C=O) groups excluding carboxylic acids is 1. The second-order valence-corrected chi connectivity index (χ2v) is 6.95. The van der Waals surface area contributed by atoms with Crippen LogP contribution in [0.3, 0.4) is 0 Å². The molecule has 1 aromatic rings. The molecule has 0 unspecified atom stereocenters. The lowest BCUT2D eigenvalue weighted by molar-refractivity contribution is 0.100. The maximum Gasteiger partial charge on any atom is 0.260 e. The molecule has 1 aromatic heterocycles. The number of amides is 1. The van der Waals surface area contributed by atoms with Crippen LogP contribution in [-0.2, 0) is 9.84 Å². The van der Waals surface area contributed by atoms with Gasteiger partial charge in [0.1, 0.15) is 4.88 Å². The topological polar surface area (TPSA) is 115 Å². The molecule has 1 amide bonds. The van der Waals surface area contributed by atoms with E-state index in [1.54, 1.807) is 13.0 Å². The fourth-order valence-electron chi connectivity index (χ4n) is 1.16. The van der Waals surface area contributed by atoms with E-state index in [9.17, 15) is 13.2 Å². The Morgan fingerprint density at radius 2 is 2.18 bits per heavy atom. The van der Waals surface area contributed by atoms with E-state index >= 15 is 0 Å². The number of carbonyl (C=O) groups is 1. The average molecular weight is 277 g/mol. The zero-order chi connectivity index (χ0) is 13.1. The Hall–Kier alpha value is -1.28. The third kappa shape index (κ3) is 3.90. The van der Waals surface area contributed by atoms with Crippen molar-refractivity contribution in [1.29, 1.82) is 0 Å². The minimum absolute atomic E-state index is 0.0488. The van der Waals surface area contributed by atoms with Crippen LogP contribution in [0.15, 0.2) is 6.07 Å². The fourth-order valence-corrected chi connectivity index (χ4v) is 2.72. The van der Waals surface area contributed by atoms with Crippen LogP contribution in [0.25, 0.3) is 0 Å². The highest BCUT2D eigenvalue weighted by molar-refractivity contribution is 7.91. The summed E-state index contributed by atoms with van der Waals surface area (Å²) >= 11 is 1.12. The van der Waals surface area contributed by atoms with Crippen LogP contribution in [0.1, 0.15) is 16.6 Å². The molecule has 1 rings (SSSR count). The van der Waals surface area contributed by atoms with E-state index in [1.807, 2.05) is 0 Å². The molecule has 0 aliphatic heterocycles. The quantitative estimate of drug-likeness (QED) is 0.690. The molecule has 0 fully saturated rings. The number of rotatable bonds is 6. The summed E-state index contributed by atoms with van der Waals surface area (Å²) in [7, 11) is -2.99. The molecule has 1 heterocycles. The number of nitrogens with one attached hydrogen (secondary N) is 1. The Bertz CT molecular complexity index is 508. The van der Waals surface area contributed by atoms with Crippen LogP contribution in [0.5, 0.6) is 0 Å². The van der Waals surface area contributed by atoms with Crippen molar-refractivity contribution in [3.05, 3.63) is 10.9 Å². The third-order valence-corrected chi connectivity index (χ3v) is 4.97. The molecule has 6 nitrogen and oxygen atoms in total. The lowest BCUT2D eigenvalue weighted by Gasteiger charge is -2.02. The highest BCUT2D eigenvalue weighted by Crippen LogP contribution is 2.28. The maximum absolute atomic E-state index is 11.2. The number of nitrogens with two attached hydrogens (primary N) is 2. The zero-order valence-electron chi connectivity index (χ0n) is 9.39. The summed E-state index contributed by atoms with van der Waals surface area (Å²) in [5.41, 5.74) is 11.0. The summed E-state index contributed by atoms with van der Waals surface area (Å²) < 4.78 is 22.5. The Morgan fingerprint density at radius 1 is 1.53 bits per heavy atom. The van der Waals surface area contributed by atoms with Crippen LogP contribution in [-0.4, -0.2) is 32.4 Å². The largest absolute Gasteiger partial charge is 0.397 e. The average Bonchev–Trinajstić information content (AvgIpc) is 2.59. The molecule has 8 heteroatoms. The number of hydrogen-bond acceptors (Lipinski definition) is 6. The number of nitrogen functional groups attached to an aromatic ring is 1. The van der Waals surface area contributed by atoms with E-state index in [0.717, 1.165) is 11.3 Å². The van der Waals surface area contributed by atoms with E-state index in [-0.39, 0.29) is 22.9 Å². The van der Waals surface area contributed by atoms with Gasteiger partial charge in [-0.3, -0.25) is 4.79 Å². The Morgan fingerprint density at radius 3 is 2.65 bits per heavy atom. The molecular weight excluding hydrogens is 262 g/mol. The predicted octanol–water partition coefficient (Wildman–Crippen LogP) is 0.276. The van der Waals surface area contributed by atoms with Crippen molar-refractivity contribution in [3.8, 4) is 0 Å². The molecule has 0 aliphatic carbocycles. The number of anilines is 2. The lowest BCUT2D eigenvalue weighted by Crippen LogP contribution is -2.16. The summed E-state index contributed by atoms with van der Waals surface area (Å²) in [5, 5.41) is 3.54. The van der Waals surface area contributed by atoms with E-state index in [1.165, 1.54) is 0 Å². The molecule has 0 aromatic carbocycles. The van der Waals surface area contributed by atoms with Crippen LogP contribution in [0.2, 0.25) is 0 Å². The van der Waals surface area contributed by atoms with Crippen molar-refractivity contribution < 1.29 is 13.2 Å². The molecular formula is C9H15N3O3S2. The second kappa shape index (κ2) is 5.37. The SMILES string of the molecule is CCS(=O)(=O)CCNc1cc(N)c(C(N)=O)s1. The number of thiophene rings is 1. The molecule has 0 saturated carbocycles. The monoisotopic (exact) mass is 277 g/mol. The van der Waals surface area contributed by atoms with Gasteiger partial charge in [-0.05, 0) is 6.07 Å². The Balaban J connectivity index is 2.59. The van der Waals surface area contributed by atoms with E-state index in [0.29, 0.717) is 10.7 Å². The molecule has 0 saturated heterocycles. The molecule has 0 radical (unpaired) electrons. The van der Waals surface area contributed by atoms with E-state index in [4.69, 9.17) is 11.5 Å². The van der Waals surface area contributed by atoms with Crippen molar-refractivity contribution in [2.45, 2.75) is 6.92 Å². The first-order chi connectivity index (χ1) is 7.85. The molecule has 0 bridgehead atoms. The molecule has 17 heavy (non-hydrogen) atoms. The highest BCUT2D eigenvalue weighted by Gasteiger charge is 2.12. The third-order valence-electron chi connectivity index (χ3n) is 2.14. The van der Waals surface area contributed by atoms with Gasteiger partial charge >= 0.3 is 0 Å². The summed E-state index contributed by atoms with van der Waals surface area (Å²) in [6.45, 7) is 1.89. The van der Waals surface area contributed by atoms with Gasteiger partial charge in [-0.1, -0.05) is 6.92 Å². The van der Waals surface area contributed by atoms with E-state index in [2.05, 4.69) is 5.32 Å². The maximum atomic E-state index is 11.2. The van der Waals surface area contributed by atoms with Crippen molar-refractivity contribution in [1.82, 2.24) is 0 Å². The molecule has 0 atom stereocenters. The van der Waals surface area contributed by atoms with Gasteiger partial charge in [-0.25, -0.2) is 8.42 Å². The van der Waals surface area contributed by atoms with Gasteiger partial charge in [-0.15, -0.1) is 11.3 Å². The van der Waals surface area contributed by atoms with Crippen LogP contribution in [0.4, 0.5) is 10.7 Å². The van der Waals surface area contributed by atoms with Gasteiger partial charge in [0.05, 0.1) is 16.4 Å². The van der Waals surface area contributed by atoms with Crippen molar-refractivity contribution >= 4 is 37.8 Å². The second-order valence-electron chi connectivity index (χ2n) is 3.42. The summed E-state index contributed by atoms with van der Waals surface area (Å²) in [5.74, 6) is -0.414. The highest BCUT2D eigenvalue weighted by atomic mass is 32.2. The van der Waals surface area contributed by atoms with Crippen molar-refractivity contribution in [2.24, 2.45) is 5.73 Å². The van der Waals surface area contributed by atoms with Gasteiger partial charge in [0, 0.05) is 12.3 Å². The zero-order valence-corrected chi connectivity index (χ0v) is 11.0. The van der Waals surface area contributed by atoms with Gasteiger partial charge in [0.25, 0.3) is 5.91 Å². The number of primary amides is 1. The summed E-state index contributed by atoms with van der Waals surface area (Å²) in [6, 6.07) is 1.57. The minimum Gasteiger partial charge on any atom is -0.397 e. The number of hydrogen-bond donors (Lipinski definition) is 3. The molecule has 5 N–H and O–H groups in total. The number of sulfone groups is 1. The van der Waals surface area contributed by atoms with Gasteiger partial charge in [0.2, 0.25) is 0 Å². The van der Waals surface area contributed by atoms with Crippen molar-refractivity contribution in [2.75, 3.05) is 29.1 Å². The Labute approximate surface area is 104 Å². The van der Waals surface area contributed by atoms with Gasteiger partial charge in [0.15, 0.2) is 9.84 Å². The van der Waals surface area contributed by atoms with Crippen LogP contribution in [0, 0.1) is 0 Å². The molecule has 0 spiro atoms. The predicted molar refractivity (Wildman–Crippen MR) is 70.1 cm³/mol. The van der Waals surface area contributed by atoms with Gasteiger partial charge in [-0.2, -0.15) is 0 Å². The van der Waals surface area contributed by atoms with Gasteiger partial charge < -0.3 is 16.8 Å². The van der Waals surface area contributed by atoms with E-state index < -0.39 is 15.7 Å². The fraction of sp³-hybridized carbons (Fsp3) is 0.444.